The lowest BCUT2D eigenvalue weighted by atomic mass is 9.96. The number of benzene rings is 1. The van der Waals surface area contributed by atoms with E-state index >= 15 is 0 Å². The minimum atomic E-state index is -0.996. The highest BCUT2D eigenvalue weighted by atomic mass is 35.5. The normalized spacial score (nSPS) is 17.3. The van der Waals surface area contributed by atoms with Crippen molar-refractivity contribution in [1.29, 1.82) is 0 Å². The van der Waals surface area contributed by atoms with Crippen LogP contribution in [0.5, 0.6) is 0 Å². The van der Waals surface area contributed by atoms with E-state index in [1.165, 1.54) is 6.07 Å². The van der Waals surface area contributed by atoms with Gasteiger partial charge in [-0.1, -0.05) is 30.7 Å². The third-order valence-electron chi connectivity index (χ3n) is 4.33. The molecule has 124 valence electrons. The van der Waals surface area contributed by atoms with Gasteiger partial charge in [0.2, 0.25) is 5.91 Å². The van der Waals surface area contributed by atoms with Crippen LogP contribution in [-0.2, 0) is 11.2 Å². The Morgan fingerprint density at radius 1 is 1.42 bits per heavy atom. The molecule has 2 aromatic rings. The molecule has 6 heteroatoms. The number of amides is 1. The maximum atomic E-state index is 12.9. The number of carboxylic acid groups (broad SMARTS) is 1. The van der Waals surface area contributed by atoms with Crippen LogP contribution in [0.15, 0.2) is 36.5 Å². The molecule has 1 aromatic carbocycles. The Morgan fingerprint density at radius 2 is 2.21 bits per heavy atom. The predicted molar refractivity (Wildman–Crippen MR) is 91.7 cm³/mol. The SMILES string of the molecule is CCc1c(Cl)ccnc1N1CCC(c2cccc(C(=O)O)c2)C1=O. The summed E-state index contributed by atoms with van der Waals surface area (Å²) >= 11 is 6.22. The first kappa shape index (κ1) is 16.5. The fourth-order valence-corrected chi connectivity index (χ4v) is 3.38. The van der Waals surface area contributed by atoms with Crippen molar-refractivity contribution in [3.8, 4) is 0 Å². The van der Waals surface area contributed by atoms with E-state index in [-0.39, 0.29) is 17.4 Å². The molecule has 1 amide bonds. The fourth-order valence-electron chi connectivity index (χ4n) is 3.11. The second-order valence-corrected chi connectivity index (χ2v) is 6.12. The number of halogens is 1. The van der Waals surface area contributed by atoms with Gasteiger partial charge >= 0.3 is 5.97 Å². The van der Waals surface area contributed by atoms with Gasteiger partial charge in [-0.3, -0.25) is 9.69 Å². The molecule has 1 aromatic heterocycles. The van der Waals surface area contributed by atoms with Crippen LogP contribution in [0.3, 0.4) is 0 Å². The van der Waals surface area contributed by atoms with E-state index in [1.807, 2.05) is 6.92 Å². The zero-order valence-electron chi connectivity index (χ0n) is 13.2. The standard InChI is InChI=1S/C18H17ClN2O3/c1-2-13-15(19)6-8-20-16(13)21-9-7-14(17(21)22)11-4-3-5-12(10-11)18(23)24/h3-6,8,10,14H,2,7,9H2,1H3,(H,23,24). The Balaban J connectivity index is 1.92. The van der Waals surface area contributed by atoms with Gasteiger partial charge in [0.05, 0.1) is 11.5 Å². The molecule has 1 fully saturated rings. The van der Waals surface area contributed by atoms with E-state index in [4.69, 9.17) is 16.7 Å². The Hall–Kier alpha value is -2.40. The number of aromatic nitrogens is 1. The van der Waals surface area contributed by atoms with E-state index in [1.54, 1.807) is 35.4 Å². The molecule has 1 aliphatic heterocycles. The number of anilines is 1. The molecular formula is C18H17ClN2O3. The van der Waals surface area contributed by atoms with Crippen LogP contribution in [0.1, 0.15) is 40.7 Å². The summed E-state index contributed by atoms with van der Waals surface area (Å²) in [7, 11) is 0. The number of carbonyl (C=O) groups excluding carboxylic acids is 1. The van der Waals surface area contributed by atoms with Gasteiger partial charge in [0.15, 0.2) is 0 Å². The molecule has 5 nitrogen and oxygen atoms in total. The number of hydrogen-bond donors (Lipinski definition) is 1. The lowest BCUT2D eigenvalue weighted by Gasteiger charge is -2.19. The minimum absolute atomic E-state index is 0.0676. The van der Waals surface area contributed by atoms with Gasteiger partial charge < -0.3 is 5.11 Å². The second kappa shape index (κ2) is 6.61. The zero-order chi connectivity index (χ0) is 17.3. The third kappa shape index (κ3) is 2.87. The number of carbonyl (C=O) groups is 2. The van der Waals surface area contributed by atoms with E-state index in [2.05, 4.69) is 4.98 Å². The molecule has 0 spiro atoms. The summed E-state index contributed by atoms with van der Waals surface area (Å²) in [4.78, 5) is 30.0. The zero-order valence-corrected chi connectivity index (χ0v) is 14.0. The van der Waals surface area contributed by atoms with Gasteiger partial charge in [0, 0.05) is 23.3 Å². The van der Waals surface area contributed by atoms with Gasteiger partial charge in [0.1, 0.15) is 5.82 Å². The summed E-state index contributed by atoms with van der Waals surface area (Å²) in [6, 6.07) is 8.28. The molecule has 0 saturated carbocycles. The highest BCUT2D eigenvalue weighted by Crippen LogP contribution is 2.35. The van der Waals surface area contributed by atoms with E-state index in [0.29, 0.717) is 30.2 Å². The fraction of sp³-hybridized carbons (Fsp3) is 0.278. The summed E-state index contributed by atoms with van der Waals surface area (Å²) in [6.45, 7) is 2.52. The molecule has 1 unspecified atom stereocenters. The van der Waals surface area contributed by atoms with Crippen LogP contribution in [0.25, 0.3) is 0 Å². The smallest absolute Gasteiger partial charge is 0.335 e. The molecule has 1 N–H and O–H groups in total. The van der Waals surface area contributed by atoms with Crippen molar-refractivity contribution in [2.75, 3.05) is 11.4 Å². The summed E-state index contributed by atoms with van der Waals surface area (Å²) < 4.78 is 0. The summed E-state index contributed by atoms with van der Waals surface area (Å²) in [5.41, 5.74) is 1.77. The number of rotatable bonds is 4. The Bertz CT molecular complexity index is 807. The van der Waals surface area contributed by atoms with Crippen molar-refractivity contribution in [1.82, 2.24) is 4.98 Å². The van der Waals surface area contributed by atoms with Gasteiger partial charge in [-0.15, -0.1) is 0 Å². The third-order valence-corrected chi connectivity index (χ3v) is 4.68. The van der Waals surface area contributed by atoms with Crippen LogP contribution in [0.2, 0.25) is 5.02 Å². The van der Waals surface area contributed by atoms with Crippen molar-refractivity contribution in [3.05, 3.63) is 58.2 Å². The first-order valence-electron chi connectivity index (χ1n) is 7.81. The highest BCUT2D eigenvalue weighted by Gasteiger charge is 2.35. The van der Waals surface area contributed by atoms with Crippen molar-refractivity contribution >= 4 is 29.3 Å². The van der Waals surface area contributed by atoms with Gasteiger partial charge in [-0.05, 0) is 36.6 Å². The van der Waals surface area contributed by atoms with Crippen molar-refractivity contribution < 1.29 is 14.7 Å². The molecule has 0 aliphatic carbocycles. The molecule has 3 rings (SSSR count). The summed E-state index contributed by atoms with van der Waals surface area (Å²) in [5, 5.41) is 9.73. The van der Waals surface area contributed by atoms with Crippen LogP contribution in [-0.4, -0.2) is 28.5 Å². The van der Waals surface area contributed by atoms with Crippen LogP contribution >= 0.6 is 11.6 Å². The maximum absolute atomic E-state index is 12.9. The lowest BCUT2D eigenvalue weighted by Crippen LogP contribution is -2.28. The van der Waals surface area contributed by atoms with Crippen molar-refractivity contribution in [2.45, 2.75) is 25.7 Å². The second-order valence-electron chi connectivity index (χ2n) is 5.71. The molecule has 24 heavy (non-hydrogen) atoms. The Morgan fingerprint density at radius 3 is 2.92 bits per heavy atom. The number of nitrogens with zero attached hydrogens (tertiary/aromatic N) is 2. The largest absolute Gasteiger partial charge is 0.478 e. The first-order valence-corrected chi connectivity index (χ1v) is 8.18. The van der Waals surface area contributed by atoms with Crippen molar-refractivity contribution in [2.24, 2.45) is 0 Å². The van der Waals surface area contributed by atoms with Gasteiger partial charge in [-0.2, -0.15) is 0 Å². The Kier molecular flexibility index (Phi) is 4.53. The number of carboxylic acids is 1. The predicted octanol–water partition coefficient (Wildman–Crippen LogP) is 3.52. The summed E-state index contributed by atoms with van der Waals surface area (Å²) in [5.74, 6) is -0.812. The average Bonchev–Trinajstić information content (AvgIpc) is 2.96. The Labute approximate surface area is 144 Å². The molecule has 0 radical (unpaired) electrons. The first-order chi connectivity index (χ1) is 11.5. The monoisotopic (exact) mass is 344 g/mol. The lowest BCUT2D eigenvalue weighted by molar-refractivity contribution is -0.118. The number of aromatic carboxylic acids is 1. The van der Waals surface area contributed by atoms with Crippen LogP contribution < -0.4 is 4.90 Å². The number of pyridine rings is 1. The molecule has 0 bridgehead atoms. The van der Waals surface area contributed by atoms with E-state index < -0.39 is 5.97 Å². The molecule has 1 saturated heterocycles. The summed E-state index contributed by atoms with van der Waals surface area (Å²) in [6.07, 6.45) is 2.91. The molecule has 1 atom stereocenters. The molecule has 1 aliphatic rings. The maximum Gasteiger partial charge on any atom is 0.335 e. The average molecular weight is 345 g/mol. The van der Waals surface area contributed by atoms with Crippen molar-refractivity contribution in [3.63, 3.8) is 0 Å². The minimum Gasteiger partial charge on any atom is -0.478 e. The molecular weight excluding hydrogens is 328 g/mol. The quantitative estimate of drug-likeness (QED) is 0.921. The van der Waals surface area contributed by atoms with E-state index in [9.17, 15) is 9.59 Å². The topological polar surface area (TPSA) is 70.5 Å². The van der Waals surface area contributed by atoms with Crippen LogP contribution in [0.4, 0.5) is 5.82 Å². The van der Waals surface area contributed by atoms with Crippen LogP contribution in [0, 0.1) is 0 Å². The van der Waals surface area contributed by atoms with Gasteiger partial charge in [-0.25, -0.2) is 9.78 Å². The number of hydrogen-bond acceptors (Lipinski definition) is 3. The van der Waals surface area contributed by atoms with E-state index in [0.717, 1.165) is 11.1 Å². The van der Waals surface area contributed by atoms with Gasteiger partial charge in [0.25, 0.3) is 0 Å². The highest BCUT2D eigenvalue weighted by molar-refractivity contribution is 6.31. The molecule has 2 heterocycles.